The molecule has 0 fully saturated rings. The number of anilines is 2. The van der Waals surface area contributed by atoms with Crippen molar-refractivity contribution in [2.45, 2.75) is 25.4 Å². The molecule has 1 aromatic heterocycles. The predicted molar refractivity (Wildman–Crippen MR) is 64.3 cm³/mol. The Morgan fingerprint density at radius 3 is 2.42 bits per heavy atom. The van der Waals surface area contributed by atoms with Crippen LogP contribution in [-0.4, -0.2) is 28.2 Å². The number of aliphatic hydroxyl groups excluding tert-OH is 1. The van der Waals surface area contributed by atoms with Gasteiger partial charge in [0, 0.05) is 19.2 Å². The molecule has 0 spiro atoms. The fourth-order valence-electron chi connectivity index (χ4n) is 1.37. The maximum absolute atomic E-state index is 12.5. The Labute approximate surface area is 108 Å². The first-order valence-corrected chi connectivity index (χ1v) is 5.75. The molecule has 0 saturated carbocycles. The number of halogens is 3. The van der Waals surface area contributed by atoms with Crippen LogP contribution in [-0.2, 0) is 6.18 Å². The number of nitrogen functional groups attached to an aromatic ring is 1. The molecule has 0 bridgehead atoms. The number of hydrogen-bond donors (Lipinski definition) is 4. The lowest BCUT2D eigenvalue weighted by Crippen LogP contribution is -2.17. The van der Waals surface area contributed by atoms with E-state index in [-0.39, 0.29) is 18.2 Å². The number of aliphatic hydroxyl groups is 1. The Morgan fingerprint density at radius 1 is 1.16 bits per heavy atom. The van der Waals surface area contributed by atoms with E-state index < -0.39 is 12.0 Å². The monoisotopic (exact) mass is 279 g/mol. The Bertz CT molecular complexity index is 399. The van der Waals surface area contributed by atoms with Gasteiger partial charge >= 0.3 is 6.18 Å². The third-order valence-electron chi connectivity index (χ3n) is 2.27. The number of rotatable bonds is 7. The highest BCUT2D eigenvalue weighted by Gasteiger charge is 2.35. The fourth-order valence-corrected chi connectivity index (χ4v) is 1.37. The van der Waals surface area contributed by atoms with Gasteiger partial charge in [-0.2, -0.15) is 13.2 Å². The highest BCUT2D eigenvalue weighted by molar-refractivity contribution is 5.47. The molecule has 0 aliphatic carbocycles. The maximum atomic E-state index is 12.5. The van der Waals surface area contributed by atoms with E-state index in [0.717, 1.165) is 12.8 Å². The molecular formula is C10H16F3N5O. The van der Waals surface area contributed by atoms with Gasteiger partial charge in [-0.15, -0.1) is 0 Å². The van der Waals surface area contributed by atoms with Gasteiger partial charge in [0.05, 0.1) is 0 Å². The van der Waals surface area contributed by atoms with Gasteiger partial charge in [-0.05, 0) is 19.3 Å². The van der Waals surface area contributed by atoms with Gasteiger partial charge in [-0.1, -0.05) is 0 Å². The molecule has 0 aliphatic rings. The number of nitrogens with one attached hydrogen (secondary N) is 2. The molecule has 1 heterocycles. The minimum atomic E-state index is -4.62. The van der Waals surface area contributed by atoms with Crippen molar-refractivity contribution in [3.8, 4) is 0 Å². The summed E-state index contributed by atoms with van der Waals surface area (Å²) in [5.74, 6) is 3.76. The summed E-state index contributed by atoms with van der Waals surface area (Å²) in [6, 6.07) is 1.29. The van der Waals surface area contributed by atoms with Crippen molar-refractivity contribution in [3.63, 3.8) is 0 Å². The van der Waals surface area contributed by atoms with Crippen molar-refractivity contribution in [1.29, 1.82) is 0 Å². The Balaban J connectivity index is 2.67. The first kappa shape index (κ1) is 15.4. The van der Waals surface area contributed by atoms with Crippen LogP contribution in [0.1, 0.15) is 25.1 Å². The van der Waals surface area contributed by atoms with Crippen molar-refractivity contribution < 1.29 is 18.3 Å². The minimum Gasteiger partial charge on any atom is -0.396 e. The summed E-state index contributed by atoms with van der Waals surface area (Å²) in [4.78, 5) is 6.61. The lowest BCUT2D eigenvalue weighted by atomic mass is 10.2. The Kier molecular flexibility index (Phi) is 5.77. The number of alkyl halides is 3. The summed E-state index contributed by atoms with van der Waals surface area (Å²) in [5, 5.41) is 11.4. The number of hydrogen-bond acceptors (Lipinski definition) is 6. The van der Waals surface area contributed by atoms with Crippen LogP contribution < -0.4 is 16.6 Å². The molecule has 1 rings (SSSR count). The number of hydrazine groups is 1. The maximum Gasteiger partial charge on any atom is 0.451 e. The van der Waals surface area contributed by atoms with Gasteiger partial charge in [0.15, 0.2) is 0 Å². The zero-order valence-electron chi connectivity index (χ0n) is 10.2. The Hall–Kier alpha value is -1.61. The van der Waals surface area contributed by atoms with Crippen LogP contribution in [0.2, 0.25) is 0 Å². The first-order valence-electron chi connectivity index (χ1n) is 5.75. The molecule has 0 atom stereocenters. The van der Waals surface area contributed by atoms with Crippen molar-refractivity contribution in [1.82, 2.24) is 9.97 Å². The summed E-state index contributed by atoms with van der Waals surface area (Å²) < 4.78 is 37.6. The zero-order valence-corrected chi connectivity index (χ0v) is 10.2. The second kappa shape index (κ2) is 7.10. The molecule has 0 aromatic carbocycles. The SMILES string of the molecule is NNc1cc(NCCCCCO)nc(C(F)(F)F)n1. The third-order valence-corrected chi connectivity index (χ3v) is 2.27. The molecule has 0 aliphatic heterocycles. The highest BCUT2D eigenvalue weighted by atomic mass is 19.4. The third kappa shape index (κ3) is 5.26. The first-order chi connectivity index (χ1) is 8.97. The van der Waals surface area contributed by atoms with Gasteiger partial charge < -0.3 is 15.8 Å². The van der Waals surface area contributed by atoms with Gasteiger partial charge in [0.25, 0.3) is 0 Å². The van der Waals surface area contributed by atoms with Gasteiger partial charge in [0.1, 0.15) is 11.6 Å². The van der Waals surface area contributed by atoms with E-state index in [1.807, 2.05) is 0 Å². The molecule has 0 radical (unpaired) electrons. The van der Waals surface area contributed by atoms with E-state index in [4.69, 9.17) is 10.9 Å². The molecule has 0 unspecified atom stereocenters. The molecule has 6 nitrogen and oxygen atoms in total. The quantitative estimate of drug-likeness (QED) is 0.342. The molecule has 108 valence electrons. The highest BCUT2D eigenvalue weighted by Crippen LogP contribution is 2.28. The normalized spacial score (nSPS) is 11.4. The molecular weight excluding hydrogens is 263 g/mol. The Morgan fingerprint density at radius 2 is 1.84 bits per heavy atom. The van der Waals surface area contributed by atoms with E-state index in [0.29, 0.717) is 13.0 Å². The van der Waals surface area contributed by atoms with Crippen LogP contribution in [0.3, 0.4) is 0 Å². The lowest BCUT2D eigenvalue weighted by Gasteiger charge is -2.11. The summed E-state index contributed by atoms with van der Waals surface area (Å²) >= 11 is 0. The zero-order chi connectivity index (χ0) is 14.3. The van der Waals surface area contributed by atoms with Crippen molar-refractivity contribution >= 4 is 11.6 Å². The average Bonchev–Trinajstić information content (AvgIpc) is 2.37. The van der Waals surface area contributed by atoms with Crippen LogP contribution in [0.15, 0.2) is 6.07 Å². The van der Waals surface area contributed by atoms with E-state index in [9.17, 15) is 13.2 Å². The van der Waals surface area contributed by atoms with Crippen molar-refractivity contribution in [2.24, 2.45) is 5.84 Å². The van der Waals surface area contributed by atoms with Crippen molar-refractivity contribution in [2.75, 3.05) is 23.9 Å². The summed E-state index contributed by atoms with van der Waals surface area (Å²) in [6.45, 7) is 0.561. The predicted octanol–water partition coefficient (Wildman–Crippen LogP) is 1.36. The van der Waals surface area contributed by atoms with Gasteiger partial charge in [-0.3, -0.25) is 0 Å². The van der Waals surface area contributed by atoms with Crippen LogP contribution >= 0.6 is 0 Å². The van der Waals surface area contributed by atoms with Crippen LogP contribution in [0.25, 0.3) is 0 Å². The van der Waals surface area contributed by atoms with E-state index >= 15 is 0 Å². The van der Waals surface area contributed by atoms with E-state index in [1.54, 1.807) is 0 Å². The topological polar surface area (TPSA) is 96.1 Å². The van der Waals surface area contributed by atoms with Crippen molar-refractivity contribution in [3.05, 3.63) is 11.9 Å². The minimum absolute atomic E-state index is 0.0549. The molecule has 9 heteroatoms. The summed E-state index contributed by atoms with van der Waals surface area (Å²) in [5.41, 5.74) is 2.07. The molecule has 1 aromatic rings. The average molecular weight is 279 g/mol. The van der Waals surface area contributed by atoms with Gasteiger partial charge in [0.2, 0.25) is 5.82 Å². The molecule has 0 saturated heterocycles. The second-order valence-corrected chi connectivity index (χ2v) is 3.82. The lowest BCUT2D eigenvalue weighted by molar-refractivity contribution is -0.144. The summed E-state index contributed by atoms with van der Waals surface area (Å²) in [6.07, 6.45) is -2.46. The largest absolute Gasteiger partial charge is 0.451 e. The van der Waals surface area contributed by atoms with Crippen LogP contribution in [0.4, 0.5) is 24.8 Å². The number of nitrogens with two attached hydrogens (primary N) is 1. The van der Waals surface area contributed by atoms with Gasteiger partial charge in [-0.25, -0.2) is 15.8 Å². The second-order valence-electron chi connectivity index (χ2n) is 3.82. The smallest absolute Gasteiger partial charge is 0.396 e. The molecule has 0 amide bonds. The summed E-state index contributed by atoms with van der Waals surface area (Å²) in [7, 11) is 0. The van der Waals surface area contributed by atoms with Crippen LogP contribution in [0.5, 0.6) is 0 Å². The number of aromatic nitrogens is 2. The molecule has 5 N–H and O–H groups in total. The van der Waals surface area contributed by atoms with E-state index in [2.05, 4.69) is 20.7 Å². The number of unbranched alkanes of at least 4 members (excludes halogenated alkanes) is 2. The fraction of sp³-hybridized carbons (Fsp3) is 0.600. The van der Waals surface area contributed by atoms with E-state index in [1.165, 1.54) is 6.07 Å². The standard InChI is InChI=1S/C10H16F3N5O/c11-10(12,13)9-16-7(6-8(17-9)18-14)15-4-2-1-3-5-19/h6,19H,1-5,14H2,(H2,15,16,17,18). The number of nitrogens with zero attached hydrogens (tertiary/aromatic N) is 2. The molecule has 19 heavy (non-hydrogen) atoms. The van der Waals surface area contributed by atoms with Crippen LogP contribution in [0, 0.1) is 0 Å².